The molecular formula is C7H15NO2. The summed E-state index contributed by atoms with van der Waals surface area (Å²) in [6, 6.07) is 0. The van der Waals surface area contributed by atoms with Gasteiger partial charge in [-0.05, 0) is 20.8 Å². The van der Waals surface area contributed by atoms with Gasteiger partial charge in [0, 0.05) is 7.05 Å². The van der Waals surface area contributed by atoms with Crippen molar-refractivity contribution in [2.45, 2.75) is 26.4 Å². The SMILES string of the molecule is CNC(=O)COC(C)(C)C. The topological polar surface area (TPSA) is 38.3 Å². The number of ether oxygens (including phenoxy) is 1. The van der Waals surface area contributed by atoms with E-state index < -0.39 is 0 Å². The van der Waals surface area contributed by atoms with Gasteiger partial charge in [-0.1, -0.05) is 0 Å². The largest absolute Gasteiger partial charge is 0.366 e. The van der Waals surface area contributed by atoms with Crippen LogP contribution < -0.4 is 5.32 Å². The first-order chi connectivity index (χ1) is 4.45. The summed E-state index contributed by atoms with van der Waals surface area (Å²) < 4.78 is 5.17. The minimum Gasteiger partial charge on any atom is -0.366 e. The Kier molecular flexibility index (Phi) is 3.36. The Morgan fingerprint density at radius 2 is 2.00 bits per heavy atom. The van der Waals surface area contributed by atoms with Crippen LogP contribution in [0.2, 0.25) is 0 Å². The Labute approximate surface area is 61.8 Å². The highest BCUT2D eigenvalue weighted by atomic mass is 16.5. The zero-order valence-electron chi connectivity index (χ0n) is 7.02. The van der Waals surface area contributed by atoms with Gasteiger partial charge in [0.2, 0.25) is 5.91 Å². The standard InChI is InChI=1S/C7H15NO2/c1-7(2,3)10-5-6(9)8-4/h5H2,1-4H3,(H,8,9). The smallest absolute Gasteiger partial charge is 0.245 e. The maximum atomic E-state index is 10.6. The molecule has 0 aromatic heterocycles. The van der Waals surface area contributed by atoms with Crippen molar-refractivity contribution in [1.29, 1.82) is 0 Å². The van der Waals surface area contributed by atoms with Crippen LogP contribution >= 0.6 is 0 Å². The predicted octanol–water partition coefficient (Wildman–Crippen LogP) is 0.547. The van der Waals surface area contributed by atoms with Gasteiger partial charge in [0.25, 0.3) is 0 Å². The lowest BCUT2D eigenvalue weighted by Crippen LogP contribution is -2.29. The highest BCUT2D eigenvalue weighted by Crippen LogP contribution is 2.05. The number of rotatable bonds is 2. The van der Waals surface area contributed by atoms with Crippen molar-refractivity contribution in [2.24, 2.45) is 0 Å². The first-order valence-corrected chi connectivity index (χ1v) is 3.30. The Hall–Kier alpha value is -0.570. The fourth-order valence-corrected chi connectivity index (χ4v) is 0.354. The van der Waals surface area contributed by atoms with Gasteiger partial charge in [-0.2, -0.15) is 0 Å². The van der Waals surface area contributed by atoms with Crippen molar-refractivity contribution in [3.8, 4) is 0 Å². The summed E-state index contributed by atoms with van der Waals surface area (Å²) >= 11 is 0. The van der Waals surface area contributed by atoms with Gasteiger partial charge >= 0.3 is 0 Å². The lowest BCUT2D eigenvalue weighted by atomic mass is 10.2. The van der Waals surface area contributed by atoms with Crippen molar-refractivity contribution in [1.82, 2.24) is 5.32 Å². The van der Waals surface area contributed by atoms with Crippen molar-refractivity contribution in [3.05, 3.63) is 0 Å². The molecule has 3 heteroatoms. The third kappa shape index (κ3) is 5.56. The second kappa shape index (κ2) is 3.56. The van der Waals surface area contributed by atoms with Crippen LogP contribution in [0.1, 0.15) is 20.8 Å². The zero-order valence-corrected chi connectivity index (χ0v) is 7.02. The fourth-order valence-electron chi connectivity index (χ4n) is 0.354. The Morgan fingerprint density at radius 1 is 1.50 bits per heavy atom. The van der Waals surface area contributed by atoms with Crippen molar-refractivity contribution >= 4 is 5.91 Å². The van der Waals surface area contributed by atoms with E-state index in [0.717, 1.165) is 0 Å². The third-order valence-electron chi connectivity index (χ3n) is 0.915. The van der Waals surface area contributed by atoms with Crippen LogP contribution in [0.5, 0.6) is 0 Å². The summed E-state index contributed by atoms with van der Waals surface area (Å²) in [5.41, 5.74) is -0.230. The monoisotopic (exact) mass is 145 g/mol. The number of hydrogen-bond donors (Lipinski definition) is 1. The van der Waals surface area contributed by atoms with E-state index in [4.69, 9.17) is 4.74 Å². The van der Waals surface area contributed by atoms with Gasteiger partial charge in [0.15, 0.2) is 0 Å². The van der Waals surface area contributed by atoms with E-state index in [0.29, 0.717) is 0 Å². The van der Waals surface area contributed by atoms with Gasteiger partial charge in [-0.25, -0.2) is 0 Å². The lowest BCUT2D eigenvalue weighted by Gasteiger charge is -2.18. The van der Waals surface area contributed by atoms with Crippen molar-refractivity contribution < 1.29 is 9.53 Å². The van der Waals surface area contributed by atoms with Crippen LogP contribution in [-0.2, 0) is 9.53 Å². The molecule has 0 aliphatic rings. The van der Waals surface area contributed by atoms with Crippen LogP contribution in [0.25, 0.3) is 0 Å². The van der Waals surface area contributed by atoms with E-state index in [9.17, 15) is 4.79 Å². The molecule has 0 saturated heterocycles. The molecule has 0 atom stereocenters. The highest BCUT2D eigenvalue weighted by Gasteiger charge is 2.11. The molecule has 0 aliphatic carbocycles. The number of hydrogen-bond acceptors (Lipinski definition) is 2. The average molecular weight is 145 g/mol. The van der Waals surface area contributed by atoms with Gasteiger partial charge < -0.3 is 10.1 Å². The van der Waals surface area contributed by atoms with Gasteiger partial charge in [-0.3, -0.25) is 4.79 Å². The summed E-state index contributed by atoms with van der Waals surface area (Å²) in [5.74, 6) is -0.0880. The molecule has 1 N–H and O–H groups in total. The molecule has 1 amide bonds. The maximum absolute atomic E-state index is 10.6. The first kappa shape index (κ1) is 9.43. The second-order valence-electron chi connectivity index (χ2n) is 3.07. The molecule has 3 nitrogen and oxygen atoms in total. The van der Waals surface area contributed by atoms with Gasteiger partial charge in [0.1, 0.15) is 6.61 Å². The molecule has 0 bridgehead atoms. The zero-order chi connectivity index (χ0) is 8.20. The van der Waals surface area contributed by atoms with E-state index >= 15 is 0 Å². The van der Waals surface area contributed by atoms with Crippen molar-refractivity contribution in [3.63, 3.8) is 0 Å². The molecular weight excluding hydrogens is 130 g/mol. The fraction of sp³-hybridized carbons (Fsp3) is 0.857. The lowest BCUT2D eigenvalue weighted by molar-refractivity contribution is -0.130. The molecule has 0 aliphatic heterocycles. The Bertz CT molecular complexity index is 115. The minimum atomic E-state index is -0.230. The first-order valence-electron chi connectivity index (χ1n) is 3.30. The number of amides is 1. The summed E-state index contributed by atoms with van der Waals surface area (Å²) in [6.07, 6.45) is 0. The van der Waals surface area contributed by atoms with E-state index in [-0.39, 0.29) is 18.1 Å². The third-order valence-corrected chi connectivity index (χ3v) is 0.915. The minimum absolute atomic E-state index is 0.0880. The number of nitrogens with one attached hydrogen (secondary N) is 1. The van der Waals surface area contributed by atoms with E-state index in [1.807, 2.05) is 20.8 Å². The van der Waals surface area contributed by atoms with E-state index in [1.165, 1.54) is 0 Å². The summed E-state index contributed by atoms with van der Waals surface area (Å²) in [4.78, 5) is 10.6. The molecule has 0 aromatic rings. The van der Waals surface area contributed by atoms with Crippen LogP contribution in [-0.4, -0.2) is 25.2 Å². The van der Waals surface area contributed by atoms with E-state index in [1.54, 1.807) is 7.05 Å². The molecule has 10 heavy (non-hydrogen) atoms. The Morgan fingerprint density at radius 3 is 2.30 bits per heavy atom. The number of carbonyl (C=O) groups is 1. The number of carbonyl (C=O) groups excluding carboxylic acids is 1. The summed E-state index contributed by atoms with van der Waals surface area (Å²) in [6.45, 7) is 5.88. The van der Waals surface area contributed by atoms with Crippen LogP contribution in [0.15, 0.2) is 0 Å². The highest BCUT2D eigenvalue weighted by molar-refractivity contribution is 5.76. The maximum Gasteiger partial charge on any atom is 0.245 e. The molecule has 60 valence electrons. The van der Waals surface area contributed by atoms with Crippen LogP contribution in [0.4, 0.5) is 0 Å². The molecule has 0 aromatic carbocycles. The Balaban J connectivity index is 3.46. The van der Waals surface area contributed by atoms with Gasteiger partial charge in [-0.15, -0.1) is 0 Å². The average Bonchev–Trinajstić information content (AvgIpc) is 1.81. The predicted molar refractivity (Wildman–Crippen MR) is 39.8 cm³/mol. The summed E-state index contributed by atoms with van der Waals surface area (Å²) in [5, 5.41) is 2.47. The quantitative estimate of drug-likeness (QED) is 0.616. The molecule has 0 radical (unpaired) electrons. The molecule has 0 fully saturated rings. The molecule has 0 rings (SSSR count). The van der Waals surface area contributed by atoms with Crippen LogP contribution in [0.3, 0.4) is 0 Å². The van der Waals surface area contributed by atoms with Gasteiger partial charge in [0.05, 0.1) is 5.60 Å². The molecule has 0 heterocycles. The second-order valence-corrected chi connectivity index (χ2v) is 3.07. The normalized spacial score (nSPS) is 11.2. The molecule has 0 unspecified atom stereocenters. The number of likely N-dealkylation sites (N-methyl/N-ethyl adjacent to an activating group) is 1. The van der Waals surface area contributed by atoms with E-state index in [2.05, 4.69) is 5.32 Å². The molecule has 0 saturated carbocycles. The molecule has 0 spiro atoms. The summed E-state index contributed by atoms with van der Waals surface area (Å²) in [7, 11) is 1.59. The van der Waals surface area contributed by atoms with Crippen molar-refractivity contribution in [2.75, 3.05) is 13.7 Å². The van der Waals surface area contributed by atoms with Crippen LogP contribution in [0, 0.1) is 0 Å².